The zero-order valence-electron chi connectivity index (χ0n) is 14.0. The predicted octanol–water partition coefficient (Wildman–Crippen LogP) is 3.61. The number of nitrogens with zero attached hydrogens (tertiary/aromatic N) is 2. The second-order valence-electron chi connectivity index (χ2n) is 6.82. The van der Waals surface area contributed by atoms with E-state index in [0.717, 1.165) is 42.0 Å². The van der Waals surface area contributed by atoms with Gasteiger partial charge in [-0.3, -0.25) is 5.01 Å². The molecule has 6 heteroatoms. The highest BCUT2D eigenvalue weighted by Gasteiger charge is 2.49. The fourth-order valence-corrected chi connectivity index (χ4v) is 4.19. The minimum atomic E-state index is -1.96. The largest absolute Gasteiger partial charge is 0.318 e. The molecule has 1 aliphatic carbocycles. The number of rotatable bonds is 3. The lowest BCUT2D eigenvalue weighted by Crippen LogP contribution is -2.40. The molecule has 0 radical (unpaired) electrons. The summed E-state index contributed by atoms with van der Waals surface area (Å²) in [5, 5.41) is 4.06. The van der Waals surface area contributed by atoms with Crippen LogP contribution >= 0.6 is 12.6 Å². The zero-order chi connectivity index (χ0) is 16.8. The average molecular weight is 340 g/mol. The molecule has 2 fully saturated rings. The molecular formula is C17H25FN2O2S. The highest BCUT2D eigenvalue weighted by Crippen LogP contribution is 2.43. The molecule has 4 atom stereocenters. The van der Waals surface area contributed by atoms with Gasteiger partial charge in [-0.25, -0.2) is 5.01 Å². The van der Waals surface area contributed by atoms with E-state index in [1.54, 1.807) is 0 Å². The van der Waals surface area contributed by atoms with Crippen LogP contribution in [0.2, 0.25) is 0 Å². The molecule has 0 N–H and O–H groups in total. The third-order valence-electron chi connectivity index (χ3n) is 4.65. The van der Waals surface area contributed by atoms with Crippen molar-refractivity contribution in [3.63, 3.8) is 0 Å². The summed E-state index contributed by atoms with van der Waals surface area (Å²) >= 11 is 4.47. The van der Waals surface area contributed by atoms with Crippen molar-refractivity contribution in [3.8, 4) is 0 Å². The van der Waals surface area contributed by atoms with E-state index < -0.39 is 6.04 Å². The molecular weight excluding hydrogens is 315 g/mol. The Kier molecular flexibility index (Phi) is 4.62. The fraction of sp³-hybridized carbons (Fsp3) is 0.647. The Morgan fingerprint density at radius 3 is 2.83 bits per heavy atom. The number of thiol groups is 1. The topological polar surface area (TPSA) is 24.9 Å². The number of allylic oxidation sites excluding steroid dienone is 3. The quantitative estimate of drug-likeness (QED) is 0.794. The molecule has 0 spiro atoms. The van der Waals surface area contributed by atoms with Crippen LogP contribution in [-0.4, -0.2) is 42.4 Å². The SMILES string of the molecule is C=C1C=C(S)C=C(CC2CCCC3OC(C)(F)OC23)N1N(C)C. The molecule has 0 bridgehead atoms. The fourth-order valence-electron chi connectivity index (χ4n) is 3.89. The number of alkyl halides is 1. The summed E-state index contributed by atoms with van der Waals surface area (Å²) in [5.74, 6) is 0.229. The number of hydrazine groups is 1. The predicted molar refractivity (Wildman–Crippen MR) is 91.0 cm³/mol. The molecule has 3 rings (SSSR count). The number of ether oxygens (including phenoxy) is 2. The van der Waals surface area contributed by atoms with Crippen LogP contribution in [0.3, 0.4) is 0 Å². The number of hydrogen-bond acceptors (Lipinski definition) is 5. The number of hydrogen-bond donors (Lipinski definition) is 1. The number of fused-ring (bicyclic) bond motifs is 1. The van der Waals surface area contributed by atoms with Crippen LogP contribution in [0, 0.1) is 5.92 Å². The lowest BCUT2D eigenvalue weighted by molar-refractivity contribution is -0.254. The van der Waals surface area contributed by atoms with Crippen molar-refractivity contribution in [3.05, 3.63) is 35.0 Å². The monoisotopic (exact) mass is 340 g/mol. The summed E-state index contributed by atoms with van der Waals surface area (Å²) in [4.78, 5) is 0.884. The van der Waals surface area contributed by atoms with Crippen LogP contribution in [0.4, 0.5) is 4.39 Å². The van der Waals surface area contributed by atoms with Crippen LogP contribution in [0.1, 0.15) is 32.6 Å². The second-order valence-corrected chi connectivity index (χ2v) is 7.34. The Morgan fingerprint density at radius 2 is 2.13 bits per heavy atom. The molecule has 2 heterocycles. The number of halogens is 1. The van der Waals surface area contributed by atoms with Gasteiger partial charge in [0, 0.05) is 31.6 Å². The first-order valence-corrected chi connectivity index (χ1v) is 8.53. The summed E-state index contributed by atoms with van der Waals surface area (Å²) in [7, 11) is 3.96. The van der Waals surface area contributed by atoms with E-state index >= 15 is 0 Å². The van der Waals surface area contributed by atoms with Crippen LogP contribution in [0.15, 0.2) is 35.0 Å². The molecule has 0 amide bonds. The van der Waals surface area contributed by atoms with Crippen molar-refractivity contribution in [2.45, 2.75) is 50.9 Å². The first-order valence-electron chi connectivity index (χ1n) is 8.09. The average Bonchev–Trinajstić information content (AvgIpc) is 2.72. The molecule has 4 unspecified atom stereocenters. The van der Waals surface area contributed by atoms with E-state index in [4.69, 9.17) is 9.47 Å². The van der Waals surface area contributed by atoms with E-state index in [0.29, 0.717) is 0 Å². The minimum absolute atomic E-state index is 0.144. The Balaban J connectivity index is 1.79. The molecule has 0 aromatic rings. The lowest BCUT2D eigenvalue weighted by atomic mass is 9.81. The van der Waals surface area contributed by atoms with Gasteiger partial charge in [-0.1, -0.05) is 13.0 Å². The Morgan fingerprint density at radius 1 is 1.39 bits per heavy atom. The van der Waals surface area contributed by atoms with Gasteiger partial charge in [-0.15, -0.1) is 12.6 Å². The molecule has 4 nitrogen and oxygen atoms in total. The second kappa shape index (κ2) is 6.24. The first-order chi connectivity index (χ1) is 10.8. The molecule has 2 aliphatic heterocycles. The molecule has 0 aromatic heterocycles. The van der Waals surface area contributed by atoms with Gasteiger partial charge in [0.2, 0.25) is 0 Å². The molecule has 128 valence electrons. The molecule has 1 saturated heterocycles. The molecule has 3 aliphatic rings. The van der Waals surface area contributed by atoms with Gasteiger partial charge in [0.1, 0.15) is 0 Å². The van der Waals surface area contributed by atoms with Gasteiger partial charge >= 0.3 is 6.04 Å². The van der Waals surface area contributed by atoms with Crippen molar-refractivity contribution in [2.24, 2.45) is 5.92 Å². The van der Waals surface area contributed by atoms with Crippen LogP contribution in [0.5, 0.6) is 0 Å². The normalized spacial score (nSPS) is 37.7. The summed E-state index contributed by atoms with van der Waals surface area (Å²) in [6.45, 7) is 5.45. The van der Waals surface area contributed by atoms with Gasteiger partial charge < -0.3 is 9.47 Å². The van der Waals surface area contributed by atoms with Gasteiger partial charge in [0.05, 0.1) is 17.9 Å². The molecule has 0 aromatic carbocycles. The van der Waals surface area contributed by atoms with Crippen LogP contribution in [-0.2, 0) is 9.47 Å². The van der Waals surface area contributed by atoms with Crippen molar-refractivity contribution in [1.29, 1.82) is 0 Å². The maximum atomic E-state index is 14.1. The van der Waals surface area contributed by atoms with Gasteiger partial charge in [0.25, 0.3) is 0 Å². The van der Waals surface area contributed by atoms with Gasteiger partial charge in [-0.2, -0.15) is 4.39 Å². The third-order valence-corrected chi connectivity index (χ3v) is 4.91. The van der Waals surface area contributed by atoms with Crippen LogP contribution < -0.4 is 0 Å². The van der Waals surface area contributed by atoms with Crippen LogP contribution in [0.25, 0.3) is 0 Å². The van der Waals surface area contributed by atoms with Crippen molar-refractivity contribution < 1.29 is 13.9 Å². The molecule has 1 saturated carbocycles. The highest BCUT2D eigenvalue weighted by atomic mass is 32.1. The Bertz CT molecular complexity index is 559. The van der Waals surface area contributed by atoms with E-state index in [9.17, 15) is 4.39 Å². The lowest BCUT2D eigenvalue weighted by Gasteiger charge is -2.39. The first kappa shape index (κ1) is 17.0. The zero-order valence-corrected chi connectivity index (χ0v) is 14.9. The van der Waals surface area contributed by atoms with E-state index in [2.05, 4.69) is 24.2 Å². The maximum absolute atomic E-state index is 14.1. The third kappa shape index (κ3) is 3.50. The Hall–Kier alpha value is -0.820. The molecule has 23 heavy (non-hydrogen) atoms. The highest BCUT2D eigenvalue weighted by molar-refractivity contribution is 7.84. The van der Waals surface area contributed by atoms with E-state index in [1.165, 1.54) is 6.92 Å². The van der Waals surface area contributed by atoms with E-state index in [-0.39, 0.29) is 18.1 Å². The van der Waals surface area contributed by atoms with Crippen molar-refractivity contribution >= 4 is 12.6 Å². The smallest absolute Gasteiger partial charge is 0.318 e. The summed E-state index contributed by atoms with van der Waals surface area (Å²) < 4.78 is 25.0. The van der Waals surface area contributed by atoms with E-state index in [1.807, 2.05) is 31.3 Å². The summed E-state index contributed by atoms with van der Waals surface area (Å²) in [6, 6.07) is -1.96. The van der Waals surface area contributed by atoms with Crippen molar-refractivity contribution in [1.82, 2.24) is 10.0 Å². The maximum Gasteiger partial charge on any atom is 0.318 e. The summed E-state index contributed by atoms with van der Waals surface area (Å²) in [5.41, 5.74) is 1.98. The minimum Gasteiger partial charge on any atom is -0.318 e. The van der Waals surface area contributed by atoms with Crippen molar-refractivity contribution in [2.75, 3.05) is 14.1 Å². The van der Waals surface area contributed by atoms with Gasteiger partial charge in [-0.05, 0) is 37.3 Å². The Labute approximate surface area is 143 Å². The summed E-state index contributed by atoms with van der Waals surface area (Å²) in [6.07, 6.45) is 7.34. The standard InChI is InChI=1S/C17H25FN2O2S/c1-11-8-14(23)10-13(20(11)19(3)4)9-12-6-5-7-15-16(12)22-17(2,18)21-15/h8,10,12,15-16,23H,1,5-7,9H2,2-4H3. The van der Waals surface area contributed by atoms with Gasteiger partial charge in [0.15, 0.2) is 0 Å².